The molecule has 2 aromatic rings. The number of allylic oxidation sites excluding steroid dienone is 1. The lowest BCUT2D eigenvalue weighted by Gasteiger charge is -2.09. The normalized spacial score (nSPS) is 10.7. The van der Waals surface area contributed by atoms with Crippen LogP contribution in [-0.4, -0.2) is 26.3 Å². The van der Waals surface area contributed by atoms with Crippen LogP contribution in [0.1, 0.15) is 15.9 Å². The smallest absolute Gasteiger partial charge is 0.185 e. The quantitative estimate of drug-likeness (QED) is 0.452. The first-order chi connectivity index (χ1) is 10.7. The molecule has 0 fully saturated rings. The van der Waals surface area contributed by atoms with Gasteiger partial charge in [-0.25, -0.2) is 0 Å². The van der Waals surface area contributed by atoms with E-state index in [1.807, 2.05) is 48.7 Å². The summed E-state index contributed by atoms with van der Waals surface area (Å²) in [7, 11) is 3.18. The standard InChI is InChI=1S/C18H18O3S/c1-20-17-5-4-6-18(21-2)15(17)11-12-16(19)13-7-9-14(22-3)10-8-13/h4-12H,1-3H3. The zero-order valence-electron chi connectivity index (χ0n) is 12.8. The zero-order valence-corrected chi connectivity index (χ0v) is 13.6. The highest BCUT2D eigenvalue weighted by atomic mass is 32.2. The lowest BCUT2D eigenvalue weighted by Crippen LogP contribution is -1.95. The second kappa shape index (κ2) is 7.71. The number of benzene rings is 2. The molecule has 0 radical (unpaired) electrons. The van der Waals surface area contributed by atoms with Crippen molar-refractivity contribution in [2.75, 3.05) is 20.5 Å². The van der Waals surface area contributed by atoms with Crippen LogP contribution < -0.4 is 9.47 Å². The Morgan fingerprint density at radius 1 is 1.00 bits per heavy atom. The molecule has 0 aliphatic carbocycles. The van der Waals surface area contributed by atoms with Gasteiger partial charge in [0.15, 0.2) is 5.78 Å². The van der Waals surface area contributed by atoms with Gasteiger partial charge < -0.3 is 9.47 Å². The van der Waals surface area contributed by atoms with Crippen LogP contribution in [0.15, 0.2) is 53.4 Å². The summed E-state index contributed by atoms with van der Waals surface area (Å²) in [5.74, 6) is 1.28. The van der Waals surface area contributed by atoms with E-state index >= 15 is 0 Å². The van der Waals surface area contributed by atoms with Crippen molar-refractivity contribution >= 4 is 23.6 Å². The molecule has 0 atom stereocenters. The van der Waals surface area contributed by atoms with Crippen LogP contribution in [-0.2, 0) is 0 Å². The predicted octanol–water partition coefficient (Wildman–Crippen LogP) is 4.32. The second-order valence-corrected chi connectivity index (χ2v) is 5.38. The Bertz CT molecular complexity index is 653. The molecule has 0 saturated heterocycles. The van der Waals surface area contributed by atoms with Crippen molar-refractivity contribution in [3.8, 4) is 11.5 Å². The number of hydrogen-bond donors (Lipinski definition) is 0. The lowest BCUT2D eigenvalue weighted by molar-refractivity contribution is 0.104. The maximum Gasteiger partial charge on any atom is 0.185 e. The molecule has 0 aliphatic rings. The molecule has 0 heterocycles. The van der Waals surface area contributed by atoms with Gasteiger partial charge in [-0.05, 0) is 54.8 Å². The average molecular weight is 314 g/mol. The van der Waals surface area contributed by atoms with E-state index in [2.05, 4.69) is 0 Å². The first-order valence-electron chi connectivity index (χ1n) is 6.77. The summed E-state index contributed by atoms with van der Waals surface area (Å²) in [4.78, 5) is 13.4. The van der Waals surface area contributed by atoms with Crippen molar-refractivity contribution in [2.45, 2.75) is 4.90 Å². The van der Waals surface area contributed by atoms with Crippen molar-refractivity contribution in [1.29, 1.82) is 0 Å². The van der Waals surface area contributed by atoms with Gasteiger partial charge in [0.25, 0.3) is 0 Å². The summed E-state index contributed by atoms with van der Waals surface area (Å²) < 4.78 is 10.6. The summed E-state index contributed by atoms with van der Waals surface area (Å²) in [6.07, 6.45) is 5.27. The minimum absolute atomic E-state index is 0.0550. The second-order valence-electron chi connectivity index (χ2n) is 4.50. The minimum Gasteiger partial charge on any atom is -0.496 e. The highest BCUT2D eigenvalue weighted by Crippen LogP contribution is 2.29. The van der Waals surface area contributed by atoms with Gasteiger partial charge in [-0.1, -0.05) is 6.07 Å². The molecule has 0 spiro atoms. The maximum atomic E-state index is 12.2. The Hall–Kier alpha value is -2.20. The molecule has 2 rings (SSSR count). The first kappa shape index (κ1) is 16.2. The molecule has 0 amide bonds. The number of thioether (sulfide) groups is 1. The van der Waals surface area contributed by atoms with Gasteiger partial charge in [0.1, 0.15) is 11.5 Å². The van der Waals surface area contributed by atoms with Gasteiger partial charge in [-0.15, -0.1) is 11.8 Å². The molecule has 3 nitrogen and oxygen atoms in total. The third-order valence-corrected chi connectivity index (χ3v) is 3.99. The molecule has 0 N–H and O–H groups in total. The molecule has 2 aromatic carbocycles. The average Bonchev–Trinajstić information content (AvgIpc) is 2.59. The van der Waals surface area contributed by atoms with E-state index in [9.17, 15) is 4.79 Å². The van der Waals surface area contributed by atoms with E-state index < -0.39 is 0 Å². The summed E-state index contributed by atoms with van der Waals surface area (Å²) in [5.41, 5.74) is 1.41. The largest absolute Gasteiger partial charge is 0.496 e. The topological polar surface area (TPSA) is 35.5 Å². The molecule has 0 aliphatic heterocycles. The number of methoxy groups -OCH3 is 2. The van der Waals surface area contributed by atoms with Crippen molar-refractivity contribution in [3.05, 3.63) is 59.7 Å². The number of ketones is 1. The Morgan fingerprint density at radius 2 is 1.59 bits per heavy atom. The Balaban J connectivity index is 2.25. The van der Waals surface area contributed by atoms with Gasteiger partial charge in [-0.3, -0.25) is 4.79 Å². The fourth-order valence-corrected chi connectivity index (χ4v) is 2.46. The van der Waals surface area contributed by atoms with Crippen LogP contribution in [0, 0.1) is 0 Å². The Morgan fingerprint density at radius 3 is 2.09 bits per heavy atom. The van der Waals surface area contributed by atoms with E-state index in [0.717, 1.165) is 10.5 Å². The van der Waals surface area contributed by atoms with Gasteiger partial charge >= 0.3 is 0 Å². The summed E-state index contributed by atoms with van der Waals surface area (Å²) in [6.45, 7) is 0. The van der Waals surface area contributed by atoms with E-state index in [1.165, 1.54) is 6.08 Å². The summed E-state index contributed by atoms with van der Waals surface area (Å²) in [6, 6.07) is 13.1. The van der Waals surface area contributed by atoms with Gasteiger partial charge in [0.2, 0.25) is 0 Å². The molecular weight excluding hydrogens is 296 g/mol. The van der Waals surface area contributed by atoms with Gasteiger partial charge in [0.05, 0.1) is 19.8 Å². The molecule has 114 valence electrons. The number of carbonyl (C=O) groups is 1. The SMILES string of the molecule is COc1cccc(OC)c1C=CC(=O)c1ccc(SC)cc1. The summed E-state index contributed by atoms with van der Waals surface area (Å²) in [5, 5.41) is 0. The van der Waals surface area contributed by atoms with E-state index in [-0.39, 0.29) is 5.78 Å². The molecule has 4 heteroatoms. The highest BCUT2D eigenvalue weighted by Gasteiger charge is 2.08. The monoisotopic (exact) mass is 314 g/mol. The minimum atomic E-state index is -0.0550. The van der Waals surface area contributed by atoms with Crippen LogP contribution in [0.4, 0.5) is 0 Å². The highest BCUT2D eigenvalue weighted by molar-refractivity contribution is 7.98. The molecule has 22 heavy (non-hydrogen) atoms. The maximum absolute atomic E-state index is 12.2. The predicted molar refractivity (Wildman–Crippen MR) is 91.1 cm³/mol. The van der Waals surface area contributed by atoms with Crippen LogP contribution >= 0.6 is 11.8 Å². The number of carbonyl (C=O) groups excluding carboxylic acids is 1. The molecule has 0 saturated carbocycles. The zero-order chi connectivity index (χ0) is 15.9. The van der Waals surface area contributed by atoms with Crippen molar-refractivity contribution in [3.63, 3.8) is 0 Å². The van der Waals surface area contributed by atoms with Crippen LogP contribution in [0.3, 0.4) is 0 Å². The fourth-order valence-electron chi connectivity index (χ4n) is 2.05. The number of ether oxygens (including phenoxy) is 2. The molecule has 0 unspecified atom stereocenters. The van der Waals surface area contributed by atoms with Crippen molar-refractivity contribution in [2.24, 2.45) is 0 Å². The van der Waals surface area contributed by atoms with Crippen LogP contribution in [0.2, 0.25) is 0 Å². The Kier molecular flexibility index (Phi) is 5.67. The molecule has 0 bridgehead atoms. The van der Waals surface area contributed by atoms with Gasteiger partial charge in [-0.2, -0.15) is 0 Å². The third kappa shape index (κ3) is 3.71. The van der Waals surface area contributed by atoms with E-state index in [0.29, 0.717) is 17.1 Å². The Labute approximate surface area is 135 Å². The number of hydrogen-bond acceptors (Lipinski definition) is 4. The summed E-state index contributed by atoms with van der Waals surface area (Å²) >= 11 is 1.65. The molecule has 0 aromatic heterocycles. The van der Waals surface area contributed by atoms with Crippen LogP contribution in [0.5, 0.6) is 11.5 Å². The lowest BCUT2D eigenvalue weighted by atomic mass is 10.1. The molecular formula is C18H18O3S. The fraction of sp³-hybridized carbons (Fsp3) is 0.167. The van der Waals surface area contributed by atoms with Gasteiger partial charge in [0, 0.05) is 10.5 Å². The first-order valence-corrected chi connectivity index (χ1v) is 7.99. The van der Waals surface area contributed by atoms with Crippen molar-refractivity contribution < 1.29 is 14.3 Å². The number of rotatable bonds is 6. The van der Waals surface area contributed by atoms with E-state index in [4.69, 9.17) is 9.47 Å². The third-order valence-electron chi connectivity index (χ3n) is 3.24. The van der Waals surface area contributed by atoms with Crippen molar-refractivity contribution in [1.82, 2.24) is 0 Å². The van der Waals surface area contributed by atoms with E-state index in [1.54, 1.807) is 32.1 Å². The van der Waals surface area contributed by atoms with Crippen LogP contribution in [0.25, 0.3) is 6.08 Å².